The number of rotatable bonds is 11. The predicted molar refractivity (Wildman–Crippen MR) is 143 cm³/mol. The molecule has 8 heteroatoms. The van der Waals surface area contributed by atoms with E-state index in [-0.39, 0.29) is 23.2 Å². The summed E-state index contributed by atoms with van der Waals surface area (Å²) in [5, 5.41) is 13.5. The van der Waals surface area contributed by atoms with Crippen LogP contribution < -0.4 is 5.11 Å². The van der Waals surface area contributed by atoms with Crippen LogP contribution in [0.4, 0.5) is 0 Å². The molecule has 0 N–H and O–H groups in total. The summed E-state index contributed by atoms with van der Waals surface area (Å²) in [6.07, 6.45) is 4.46. The van der Waals surface area contributed by atoms with Crippen molar-refractivity contribution in [1.29, 1.82) is 0 Å². The highest BCUT2D eigenvalue weighted by Gasteiger charge is 2.22. The van der Waals surface area contributed by atoms with Gasteiger partial charge in [-0.2, -0.15) is 0 Å². The normalized spacial score (nSPS) is 12.2. The molecule has 5 nitrogen and oxygen atoms in total. The molecule has 0 fully saturated rings. The number of carboxylic acid groups (broad SMARTS) is 1. The Labute approximate surface area is 212 Å². The first kappa shape index (κ1) is 26.1. The van der Waals surface area contributed by atoms with Crippen LogP contribution in [0.3, 0.4) is 0 Å². The van der Waals surface area contributed by atoms with E-state index in [2.05, 4.69) is 11.1 Å². The zero-order valence-corrected chi connectivity index (χ0v) is 21.6. The van der Waals surface area contributed by atoms with Gasteiger partial charge in [0.25, 0.3) is 0 Å². The Bertz CT molecular complexity index is 1180. The number of aromatic nitrogens is 1. The molecule has 1 aromatic heterocycles. The van der Waals surface area contributed by atoms with E-state index in [9.17, 15) is 14.7 Å². The highest BCUT2D eigenvalue weighted by molar-refractivity contribution is 8.14. The molecular formula is C26H27ClN2O3S2. The molecular weight excluding hydrogens is 488 g/mol. The third-order valence-electron chi connectivity index (χ3n) is 5.05. The van der Waals surface area contributed by atoms with Crippen molar-refractivity contribution in [2.45, 2.75) is 17.7 Å². The molecule has 1 heterocycles. The van der Waals surface area contributed by atoms with E-state index in [4.69, 9.17) is 11.6 Å². The predicted octanol–water partition coefficient (Wildman–Crippen LogP) is 4.34. The zero-order valence-electron chi connectivity index (χ0n) is 19.2. The minimum absolute atomic E-state index is 0.0178. The van der Waals surface area contributed by atoms with Gasteiger partial charge in [0, 0.05) is 66.0 Å². The molecule has 0 aliphatic heterocycles. The van der Waals surface area contributed by atoms with E-state index in [1.54, 1.807) is 30.8 Å². The Morgan fingerprint density at radius 2 is 1.88 bits per heavy atom. The maximum atomic E-state index is 11.8. The number of amides is 1. The van der Waals surface area contributed by atoms with E-state index in [0.717, 1.165) is 32.1 Å². The van der Waals surface area contributed by atoms with Crippen LogP contribution in [0, 0.1) is 0 Å². The van der Waals surface area contributed by atoms with Gasteiger partial charge in [-0.3, -0.25) is 4.79 Å². The number of aliphatic carboxylic acids is 1. The molecule has 0 saturated heterocycles. The lowest BCUT2D eigenvalue weighted by molar-refractivity contribution is -0.305. The van der Waals surface area contributed by atoms with Gasteiger partial charge >= 0.3 is 0 Å². The second-order valence-electron chi connectivity index (χ2n) is 7.86. The van der Waals surface area contributed by atoms with Crippen molar-refractivity contribution in [2.24, 2.45) is 0 Å². The summed E-state index contributed by atoms with van der Waals surface area (Å²) < 4.78 is 0. The first-order valence-electron chi connectivity index (χ1n) is 10.8. The van der Waals surface area contributed by atoms with Crippen molar-refractivity contribution in [3.05, 3.63) is 70.9 Å². The summed E-state index contributed by atoms with van der Waals surface area (Å²) in [7, 11) is 3.24. The number of carbonyl (C=O) groups excluding carboxylic acids is 2. The van der Waals surface area contributed by atoms with Gasteiger partial charge in [-0.15, -0.1) is 11.8 Å². The molecule has 178 valence electrons. The van der Waals surface area contributed by atoms with E-state index in [1.165, 1.54) is 0 Å². The molecule has 0 aliphatic rings. The third-order valence-corrected chi connectivity index (χ3v) is 9.20. The minimum Gasteiger partial charge on any atom is -0.550 e. The Balaban J connectivity index is 1.71. The van der Waals surface area contributed by atoms with Crippen LogP contribution in [0.2, 0.25) is 5.02 Å². The molecule has 0 saturated carbocycles. The van der Waals surface area contributed by atoms with Gasteiger partial charge in [-0.05, 0) is 35.9 Å². The lowest BCUT2D eigenvalue weighted by Crippen LogP contribution is -2.26. The minimum atomic E-state index is -1.04. The summed E-state index contributed by atoms with van der Waals surface area (Å²) in [4.78, 5) is 30.2. The molecule has 0 spiro atoms. The van der Waals surface area contributed by atoms with Crippen molar-refractivity contribution in [2.75, 3.05) is 30.7 Å². The number of halogens is 1. The highest BCUT2D eigenvalue weighted by Crippen LogP contribution is 2.23. The standard InChI is InChI=1S/C26H27ClN2O3S2/c1-29(2)25(30)12-14-33-18-34(15-13-26(31)32)23-5-3-4-19(16-23)6-10-22-11-8-20-7-9-21(27)17-24(20)28-22/h3-11,16-17H,12-15,18H2,1-2H3. The van der Waals surface area contributed by atoms with Crippen molar-refractivity contribution in [3.63, 3.8) is 0 Å². The Morgan fingerprint density at radius 3 is 2.65 bits per heavy atom. The number of fused-ring (bicyclic) bond motifs is 1. The van der Waals surface area contributed by atoms with Gasteiger partial charge in [0.2, 0.25) is 5.91 Å². The first-order valence-corrected chi connectivity index (χ1v) is 13.9. The molecule has 3 aromatic rings. The van der Waals surface area contributed by atoms with Crippen molar-refractivity contribution < 1.29 is 14.7 Å². The van der Waals surface area contributed by atoms with Crippen LogP contribution in [0.5, 0.6) is 0 Å². The summed E-state index contributed by atoms with van der Waals surface area (Å²) in [5.74, 6) is 0.294. The lowest BCUT2D eigenvalue weighted by Gasteiger charge is -2.11. The second kappa shape index (κ2) is 12.8. The van der Waals surface area contributed by atoms with Crippen LogP contribution in [0.15, 0.2) is 59.5 Å². The van der Waals surface area contributed by atoms with Crippen LogP contribution in [-0.4, -0.2) is 52.4 Å². The molecule has 3 rings (SSSR count). The van der Waals surface area contributed by atoms with Crippen LogP contribution in [0.25, 0.3) is 23.1 Å². The summed E-state index contributed by atoms with van der Waals surface area (Å²) in [6, 6.07) is 17.8. The number of hydrogen-bond donors (Lipinski definition) is 0. The molecule has 1 unspecified atom stereocenters. The SMILES string of the molecule is CN(C)C(=O)CCSC[S+](CCC(=O)[O-])c1cccc(C=Cc2ccc3ccc(Cl)cc3n2)c1. The number of thioether (sulfide) groups is 1. The van der Waals surface area contributed by atoms with Crippen LogP contribution in [0.1, 0.15) is 24.1 Å². The van der Waals surface area contributed by atoms with E-state index >= 15 is 0 Å². The van der Waals surface area contributed by atoms with Gasteiger partial charge in [-0.25, -0.2) is 4.98 Å². The fraction of sp³-hybridized carbons (Fsp3) is 0.269. The highest BCUT2D eigenvalue weighted by atomic mass is 35.5. The fourth-order valence-electron chi connectivity index (χ4n) is 3.17. The first-order chi connectivity index (χ1) is 16.3. The van der Waals surface area contributed by atoms with Gasteiger partial charge in [0.1, 0.15) is 5.75 Å². The number of nitrogens with zero attached hydrogens (tertiary/aromatic N) is 2. The molecule has 0 radical (unpaired) electrons. The van der Waals surface area contributed by atoms with E-state index in [1.807, 2.05) is 60.7 Å². The van der Waals surface area contributed by atoms with E-state index < -0.39 is 5.97 Å². The molecule has 2 aromatic carbocycles. The number of pyridine rings is 1. The lowest BCUT2D eigenvalue weighted by atomic mass is 10.1. The Morgan fingerprint density at radius 1 is 1.09 bits per heavy atom. The quantitative estimate of drug-likeness (QED) is 0.281. The molecule has 0 aliphatic carbocycles. The maximum Gasteiger partial charge on any atom is 0.222 e. The second-order valence-corrected chi connectivity index (χ2v) is 11.9. The number of carboxylic acids is 1. The number of carbonyl (C=O) groups is 2. The van der Waals surface area contributed by atoms with Crippen molar-refractivity contribution in [3.8, 4) is 0 Å². The maximum absolute atomic E-state index is 11.8. The van der Waals surface area contributed by atoms with Crippen molar-refractivity contribution >= 4 is 69.2 Å². The molecule has 34 heavy (non-hydrogen) atoms. The van der Waals surface area contributed by atoms with Gasteiger partial charge in [-0.1, -0.05) is 41.9 Å². The van der Waals surface area contributed by atoms with E-state index in [0.29, 0.717) is 22.9 Å². The molecule has 1 amide bonds. The topological polar surface area (TPSA) is 73.3 Å². The Kier molecular flexibility index (Phi) is 9.86. The van der Waals surface area contributed by atoms with Gasteiger partial charge < -0.3 is 14.8 Å². The number of benzene rings is 2. The summed E-state index contributed by atoms with van der Waals surface area (Å²) in [5.41, 5.74) is 2.69. The largest absolute Gasteiger partial charge is 0.550 e. The van der Waals surface area contributed by atoms with Crippen molar-refractivity contribution in [1.82, 2.24) is 9.88 Å². The van der Waals surface area contributed by atoms with Crippen LogP contribution in [-0.2, 0) is 20.5 Å². The summed E-state index contributed by atoms with van der Waals surface area (Å²) in [6.45, 7) is 0. The monoisotopic (exact) mass is 514 g/mol. The molecule has 0 bridgehead atoms. The smallest absolute Gasteiger partial charge is 0.222 e. The molecule has 1 atom stereocenters. The zero-order chi connectivity index (χ0) is 24.5. The average molecular weight is 515 g/mol. The summed E-state index contributed by atoms with van der Waals surface area (Å²) >= 11 is 7.78. The van der Waals surface area contributed by atoms with Gasteiger partial charge in [0.15, 0.2) is 9.98 Å². The fourth-order valence-corrected chi connectivity index (χ4v) is 7.17. The number of hydrogen-bond acceptors (Lipinski definition) is 5. The average Bonchev–Trinajstić information content (AvgIpc) is 2.81. The van der Waals surface area contributed by atoms with Gasteiger partial charge in [0.05, 0.1) is 11.2 Å². The van der Waals surface area contributed by atoms with Crippen LogP contribution >= 0.6 is 23.4 Å². The third kappa shape index (κ3) is 8.08. The Hall–Kier alpha value is -2.48.